The van der Waals surface area contributed by atoms with Crippen molar-refractivity contribution in [1.82, 2.24) is 24.6 Å². The van der Waals surface area contributed by atoms with E-state index in [1.54, 1.807) is 11.0 Å². The first-order valence-electron chi connectivity index (χ1n) is 12.3. The zero-order chi connectivity index (χ0) is 27.2. The lowest BCUT2D eigenvalue weighted by atomic mass is 9.82. The van der Waals surface area contributed by atoms with Crippen LogP contribution in [0.15, 0.2) is 18.3 Å². The smallest absolute Gasteiger partial charge is 0.451 e. The Morgan fingerprint density at radius 2 is 2.03 bits per heavy atom. The molecule has 4 heterocycles. The van der Waals surface area contributed by atoms with Gasteiger partial charge in [-0.1, -0.05) is 13.3 Å². The van der Waals surface area contributed by atoms with Gasteiger partial charge in [-0.25, -0.2) is 4.39 Å². The average molecular weight is 532 g/mol. The topological polar surface area (TPSA) is 100 Å². The minimum absolute atomic E-state index is 0.0257. The molecule has 0 bridgehead atoms. The SMILES string of the molecule is CC[C@@H]1CN(c2c(C#N)cnc3c(F)c(OC)ccc23)CCC1C(=O)N1CCn2c(nnc2C(F)(F)F)C1. The maximum Gasteiger partial charge on any atom is 0.451 e. The molecule has 1 fully saturated rings. The summed E-state index contributed by atoms with van der Waals surface area (Å²) in [6.45, 7) is 2.94. The number of carbonyl (C=O) groups excluding carboxylic acids is 1. The number of nitrogens with zero attached hydrogens (tertiary/aromatic N) is 7. The van der Waals surface area contributed by atoms with Crippen LogP contribution in [0.4, 0.5) is 23.2 Å². The second kappa shape index (κ2) is 9.74. The number of amides is 1. The van der Waals surface area contributed by atoms with Gasteiger partial charge >= 0.3 is 6.18 Å². The third-order valence-corrected chi connectivity index (χ3v) is 7.46. The van der Waals surface area contributed by atoms with Crippen LogP contribution in [0, 0.1) is 29.0 Å². The van der Waals surface area contributed by atoms with Gasteiger partial charge in [0.05, 0.1) is 24.9 Å². The van der Waals surface area contributed by atoms with E-state index in [4.69, 9.17) is 4.74 Å². The summed E-state index contributed by atoms with van der Waals surface area (Å²) in [5.41, 5.74) is 0.965. The van der Waals surface area contributed by atoms with Gasteiger partial charge in [-0.2, -0.15) is 18.4 Å². The average Bonchev–Trinajstić information content (AvgIpc) is 3.36. The predicted molar refractivity (Wildman–Crippen MR) is 128 cm³/mol. The highest BCUT2D eigenvalue weighted by atomic mass is 19.4. The Labute approximate surface area is 215 Å². The van der Waals surface area contributed by atoms with E-state index >= 15 is 0 Å². The quantitative estimate of drug-likeness (QED) is 0.473. The molecule has 2 aliphatic heterocycles. The number of alkyl halides is 3. The van der Waals surface area contributed by atoms with E-state index < -0.39 is 17.8 Å². The number of piperidine rings is 1. The van der Waals surface area contributed by atoms with Gasteiger partial charge in [0, 0.05) is 43.7 Å². The van der Waals surface area contributed by atoms with Gasteiger partial charge in [-0.05, 0) is 24.5 Å². The molecule has 0 saturated carbocycles. The van der Waals surface area contributed by atoms with E-state index in [-0.39, 0.29) is 54.5 Å². The molecule has 0 aliphatic carbocycles. The van der Waals surface area contributed by atoms with Crippen molar-refractivity contribution in [2.24, 2.45) is 11.8 Å². The van der Waals surface area contributed by atoms with Crippen molar-refractivity contribution in [3.05, 3.63) is 41.4 Å². The van der Waals surface area contributed by atoms with E-state index in [9.17, 15) is 27.6 Å². The number of carbonyl (C=O) groups is 1. The van der Waals surface area contributed by atoms with Crippen LogP contribution >= 0.6 is 0 Å². The Morgan fingerprint density at radius 3 is 2.71 bits per heavy atom. The Bertz CT molecular complexity index is 1430. The summed E-state index contributed by atoms with van der Waals surface area (Å²) in [6.07, 6.45) is -2.12. The zero-order valence-electron chi connectivity index (χ0n) is 20.8. The van der Waals surface area contributed by atoms with Crippen molar-refractivity contribution in [3.63, 3.8) is 0 Å². The molecule has 38 heavy (non-hydrogen) atoms. The number of benzene rings is 1. The van der Waals surface area contributed by atoms with Crippen molar-refractivity contribution >= 4 is 22.5 Å². The third-order valence-electron chi connectivity index (χ3n) is 7.46. The Kier molecular flexibility index (Phi) is 6.58. The van der Waals surface area contributed by atoms with Crippen LogP contribution in [-0.2, 0) is 24.1 Å². The van der Waals surface area contributed by atoms with Crippen molar-refractivity contribution < 1.29 is 27.1 Å². The molecule has 200 valence electrons. The van der Waals surface area contributed by atoms with Crippen molar-refractivity contribution in [2.75, 3.05) is 31.6 Å². The number of halogens is 4. The van der Waals surface area contributed by atoms with Gasteiger partial charge in [0.15, 0.2) is 17.4 Å². The number of pyridine rings is 1. The molecule has 3 aromatic rings. The predicted octanol–water partition coefficient (Wildman–Crippen LogP) is 3.76. The van der Waals surface area contributed by atoms with Crippen LogP contribution in [0.1, 0.15) is 37.0 Å². The zero-order valence-corrected chi connectivity index (χ0v) is 20.8. The number of ether oxygens (including phenoxy) is 1. The summed E-state index contributed by atoms with van der Waals surface area (Å²) in [7, 11) is 1.36. The molecule has 2 atom stereocenters. The lowest BCUT2D eigenvalue weighted by Crippen LogP contribution is -2.49. The molecule has 1 saturated heterocycles. The molecule has 0 spiro atoms. The van der Waals surface area contributed by atoms with Gasteiger partial charge in [-0.15, -0.1) is 10.2 Å². The number of aromatic nitrogens is 4. The van der Waals surface area contributed by atoms with Crippen LogP contribution in [0.25, 0.3) is 10.9 Å². The van der Waals surface area contributed by atoms with Crippen LogP contribution in [0.5, 0.6) is 5.75 Å². The summed E-state index contributed by atoms with van der Waals surface area (Å²) < 4.78 is 60.6. The fourth-order valence-corrected chi connectivity index (χ4v) is 5.54. The molecule has 2 aromatic heterocycles. The number of hydrogen-bond donors (Lipinski definition) is 0. The molecule has 5 rings (SSSR count). The highest BCUT2D eigenvalue weighted by Crippen LogP contribution is 2.38. The summed E-state index contributed by atoms with van der Waals surface area (Å²) >= 11 is 0. The molecule has 1 unspecified atom stereocenters. The lowest BCUT2D eigenvalue weighted by Gasteiger charge is -2.41. The Hall–Kier alpha value is -3.95. The molecular weight excluding hydrogens is 506 g/mol. The van der Waals surface area contributed by atoms with Gasteiger partial charge in [0.25, 0.3) is 0 Å². The van der Waals surface area contributed by atoms with Gasteiger partial charge in [-0.3, -0.25) is 9.78 Å². The standard InChI is InChI=1S/C25H25F4N7O2/c1-3-14-12-34(22-15(10-30)11-31-21-17(22)4-5-18(38-2)20(21)26)7-6-16(14)23(37)35-8-9-36-19(13-35)32-33-24(36)25(27,28)29/h4-5,11,14,16H,3,6-9,12-13H2,1-2H3/t14-,16?/m1/s1. The van der Waals surface area contributed by atoms with E-state index in [1.165, 1.54) is 19.4 Å². The highest BCUT2D eigenvalue weighted by molar-refractivity contribution is 5.95. The maximum atomic E-state index is 14.9. The molecule has 0 radical (unpaired) electrons. The van der Waals surface area contributed by atoms with Crippen LogP contribution in [-0.4, -0.2) is 57.3 Å². The van der Waals surface area contributed by atoms with E-state index in [0.29, 0.717) is 42.6 Å². The molecule has 1 amide bonds. The largest absolute Gasteiger partial charge is 0.494 e. The van der Waals surface area contributed by atoms with Crippen molar-refractivity contribution in [2.45, 2.75) is 39.0 Å². The second-order valence-corrected chi connectivity index (χ2v) is 9.47. The number of nitriles is 1. The Morgan fingerprint density at radius 1 is 1.24 bits per heavy atom. The molecule has 2 aliphatic rings. The van der Waals surface area contributed by atoms with E-state index in [2.05, 4.69) is 21.3 Å². The summed E-state index contributed by atoms with van der Waals surface area (Å²) in [5, 5.41) is 17.2. The maximum absolute atomic E-state index is 14.9. The fourth-order valence-electron chi connectivity index (χ4n) is 5.54. The summed E-state index contributed by atoms with van der Waals surface area (Å²) in [5.74, 6) is -2.05. The normalized spacial score (nSPS) is 19.8. The minimum Gasteiger partial charge on any atom is -0.494 e. The molecule has 13 heteroatoms. The van der Waals surface area contributed by atoms with Gasteiger partial charge in [0.1, 0.15) is 11.6 Å². The van der Waals surface area contributed by atoms with E-state index in [0.717, 1.165) is 4.57 Å². The van der Waals surface area contributed by atoms with E-state index in [1.807, 2.05) is 11.8 Å². The van der Waals surface area contributed by atoms with Crippen molar-refractivity contribution in [3.8, 4) is 11.8 Å². The summed E-state index contributed by atoms with van der Waals surface area (Å²) in [6, 6.07) is 5.32. The summed E-state index contributed by atoms with van der Waals surface area (Å²) in [4.78, 5) is 21.2. The minimum atomic E-state index is -4.61. The first kappa shape index (κ1) is 25.7. The van der Waals surface area contributed by atoms with Crippen LogP contribution in [0.3, 0.4) is 0 Å². The lowest BCUT2D eigenvalue weighted by molar-refractivity contribution is -0.148. The number of hydrogen-bond acceptors (Lipinski definition) is 7. The first-order chi connectivity index (χ1) is 18.2. The molecule has 0 N–H and O–H groups in total. The number of anilines is 1. The second-order valence-electron chi connectivity index (χ2n) is 9.47. The highest BCUT2D eigenvalue weighted by Gasteiger charge is 2.42. The van der Waals surface area contributed by atoms with Crippen LogP contribution in [0.2, 0.25) is 0 Å². The molecule has 1 aromatic carbocycles. The number of fused-ring (bicyclic) bond motifs is 2. The van der Waals surface area contributed by atoms with Gasteiger partial charge in [0.2, 0.25) is 11.7 Å². The molecular formula is C25H25F4N7O2. The first-order valence-corrected chi connectivity index (χ1v) is 12.3. The van der Waals surface area contributed by atoms with Gasteiger partial charge < -0.3 is 19.1 Å². The van der Waals surface area contributed by atoms with Crippen molar-refractivity contribution in [1.29, 1.82) is 5.26 Å². The number of methoxy groups -OCH3 is 1. The monoisotopic (exact) mass is 531 g/mol. The van der Waals surface area contributed by atoms with Crippen LogP contribution < -0.4 is 9.64 Å². The number of rotatable bonds is 4. The Balaban J connectivity index is 1.38. The third kappa shape index (κ3) is 4.27. The molecule has 9 nitrogen and oxygen atoms in total. The fraction of sp³-hybridized carbons (Fsp3) is 0.480.